The number of ether oxygens (including phenoxy) is 1. The summed E-state index contributed by atoms with van der Waals surface area (Å²) in [6, 6.07) is 20.0. The van der Waals surface area contributed by atoms with Crippen LogP contribution in [0.25, 0.3) is 10.9 Å². The highest BCUT2D eigenvalue weighted by atomic mass is 16.5. The van der Waals surface area contributed by atoms with Crippen LogP contribution in [0.15, 0.2) is 66.9 Å². The zero-order chi connectivity index (χ0) is 21.0. The summed E-state index contributed by atoms with van der Waals surface area (Å²) in [6.45, 7) is 1.98. The number of hydrogen-bond donors (Lipinski definition) is 2. The number of hydrogen-bond acceptors (Lipinski definition) is 3. The van der Waals surface area contributed by atoms with Crippen molar-refractivity contribution in [1.82, 2.24) is 20.1 Å². The first kappa shape index (κ1) is 19.4. The Morgan fingerprint density at radius 2 is 1.97 bits per heavy atom. The zero-order valence-corrected chi connectivity index (χ0v) is 17.4. The van der Waals surface area contributed by atoms with E-state index in [9.17, 15) is 4.79 Å². The van der Waals surface area contributed by atoms with Gasteiger partial charge in [-0.1, -0.05) is 36.4 Å². The number of carbonyl (C=O) groups excluding carboxylic acids is 1. The topological polar surface area (TPSA) is 74.0 Å². The average molecular weight is 415 g/mol. The fourth-order valence-electron chi connectivity index (χ4n) is 4.31. The van der Waals surface area contributed by atoms with Crippen LogP contribution in [0, 0.1) is 0 Å². The molecule has 1 atom stereocenters. The molecule has 1 aliphatic heterocycles. The third-order valence-corrected chi connectivity index (χ3v) is 6.03. The van der Waals surface area contributed by atoms with Crippen LogP contribution in [0.4, 0.5) is 0 Å². The molecule has 1 amide bonds. The molecule has 6 heteroatoms. The van der Waals surface area contributed by atoms with Crippen molar-refractivity contribution in [2.45, 2.75) is 31.8 Å². The molecule has 3 heterocycles. The summed E-state index contributed by atoms with van der Waals surface area (Å²) in [5.41, 5.74) is 4.29. The second-order valence-corrected chi connectivity index (χ2v) is 8.10. The highest BCUT2D eigenvalue weighted by Crippen LogP contribution is 2.27. The lowest BCUT2D eigenvalue weighted by Gasteiger charge is -2.16. The Morgan fingerprint density at radius 3 is 2.87 bits per heavy atom. The Labute approximate surface area is 181 Å². The second-order valence-electron chi connectivity index (χ2n) is 8.10. The van der Waals surface area contributed by atoms with E-state index in [4.69, 9.17) is 4.74 Å². The summed E-state index contributed by atoms with van der Waals surface area (Å²) < 4.78 is 5.79. The van der Waals surface area contributed by atoms with Crippen LogP contribution in [-0.4, -0.2) is 39.1 Å². The molecule has 31 heavy (non-hydrogen) atoms. The van der Waals surface area contributed by atoms with Gasteiger partial charge in [0.25, 0.3) is 0 Å². The average Bonchev–Trinajstić information content (AvgIpc) is 3.56. The van der Waals surface area contributed by atoms with Gasteiger partial charge in [-0.2, -0.15) is 5.10 Å². The van der Waals surface area contributed by atoms with Crippen LogP contribution in [0.2, 0.25) is 0 Å². The number of likely N-dealkylation sites (tertiary alicyclic amines) is 1. The van der Waals surface area contributed by atoms with Crippen LogP contribution in [0.1, 0.15) is 35.7 Å². The van der Waals surface area contributed by atoms with Gasteiger partial charge in [-0.15, -0.1) is 0 Å². The monoisotopic (exact) mass is 414 g/mol. The van der Waals surface area contributed by atoms with Crippen molar-refractivity contribution < 1.29 is 9.53 Å². The van der Waals surface area contributed by atoms with Crippen LogP contribution in [0.3, 0.4) is 0 Å². The number of aromatic nitrogens is 3. The van der Waals surface area contributed by atoms with E-state index in [0.29, 0.717) is 13.0 Å². The summed E-state index contributed by atoms with van der Waals surface area (Å²) in [7, 11) is 0. The van der Waals surface area contributed by atoms with Crippen molar-refractivity contribution in [2.75, 3.05) is 13.1 Å². The fourth-order valence-corrected chi connectivity index (χ4v) is 4.31. The Bertz CT molecular complexity index is 1160. The lowest BCUT2D eigenvalue weighted by molar-refractivity contribution is -0.130. The number of carbonyl (C=O) groups is 1. The first-order chi connectivity index (χ1) is 15.3. The quantitative estimate of drug-likeness (QED) is 0.470. The van der Waals surface area contributed by atoms with Gasteiger partial charge in [0.05, 0.1) is 11.4 Å². The number of nitrogens with one attached hydrogen (secondary N) is 2. The molecule has 0 saturated carbocycles. The third kappa shape index (κ3) is 4.33. The molecule has 2 aromatic heterocycles. The molecule has 0 bridgehead atoms. The molecule has 6 nitrogen and oxygen atoms in total. The maximum Gasteiger partial charge on any atom is 0.222 e. The maximum absolute atomic E-state index is 12.8. The van der Waals surface area contributed by atoms with Crippen LogP contribution >= 0.6 is 0 Å². The Kier molecular flexibility index (Phi) is 5.44. The van der Waals surface area contributed by atoms with E-state index in [0.717, 1.165) is 48.6 Å². The largest absolute Gasteiger partial charge is 0.487 e. The van der Waals surface area contributed by atoms with Gasteiger partial charge < -0.3 is 14.6 Å². The lowest BCUT2D eigenvalue weighted by atomic mass is 10.1. The molecule has 1 fully saturated rings. The number of aromatic amines is 2. The van der Waals surface area contributed by atoms with Gasteiger partial charge in [-0.25, -0.2) is 0 Å². The summed E-state index contributed by atoms with van der Waals surface area (Å²) >= 11 is 0. The van der Waals surface area contributed by atoms with E-state index in [2.05, 4.69) is 33.4 Å². The van der Waals surface area contributed by atoms with Crippen molar-refractivity contribution >= 4 is 16.8 Å². The smallest absolute Gasteiger partial charge is 0.222 e. The minimum absolute atomic E-state index is 0.218. The van der Waals surface area contributed by atoms with Gasteiger partial charge in [0.15, 0.2) is 0 Å². The van der Waals surface area contributed by atoms with Gasteiger partial charge in [0.1, 0.15) is 12.4 Å². The molecule has 0 radical (unpaired) electrons. The van der Waals surface area contributed by atoms with E-state index >= 15 is 0 Å². The lowest BCUT2D eigenvalue weighted by Crippen LogP contribution is -2.28. The van der Waals surface area contributed by atoms with Crippen molar-refractivity contribution in [1.29, 1.82) is 0 Å². The number of H-pyrrole nitrogens is 2. The highest BCUT2D eigenvalue weighted by molar-refractivity contribution is 5.84. The predicted molar refractivity (Wildman–Crippen MR) is 120 cm³/mol. The standard InChI is InChI=1S/C25H26N4O2/c30-25(11-10-18-15-26-23-9-5-4-8-22(18)23)29-13-12-19(16-29)24-14-20(27-28-24)17-31-21-6-2-1-3-7-21/h1-9,14-15,19,26H,10-13,16-17H2,(H,27,28). The van der Waals surface area contributed by atoms with E-state index < -0.39 is 0 Å². The molecular formula is C25H26N4O2. The number of nitrogens with zero attached hydrogens (tertiary/aromatic N) is 2. The van der Waals surface area contributed by atoms with E-state index in [1.807, 2.05) is 53.6 Å². The predicted octanol–water partition coefficient (Wildman–Crippen LogP) is 4.42. The number of fused-ring (bicyclic) bond motifs is 1. The van der Waals surface area contributed by atoms with E-state index in [-0.39, 0.29) is 11.8 Å². The molecule has 1 unspecified atom stereocenters. The second kappa shape index (κ2) is 8.68. The highest BCUT2D eigenvalue weighted by Gasteiger charge is 2.28. The molecule has 2 N–H and O–H groups in total. The van der Waals surface area contributed by atoms with Crippen molar-refractivity contribution in [3.8, 4) is 5.75 Å². The molecule has 0 spiro atoms. The van der Waals surface area contributed by atoms with Crippen LogP contribution in [-0.2, 0) is 17.8 Å². The molecule has 1 saturated heterocycles. The van der Waals surface area contributed by atoms with E-state index in [1.54, 1.807) is 0 Å². The summed E-state index contributed by atoms with van der Waals surface area (Å²) in [4.78, 5) is 18.1. The van der Waals surface area contributed by atoms with Crippen LogP contribution in [0.5, 0.6) is 5.75 Å². The summed E-state index contributed by atoms with van der Waals surface area (Å²) in [5, 5.41) is 8.76. The maximum atomic E-state index is 12.8. The van der Waals surface area contributed by atoms with Crippen molar-refractivity contribution in [2.24, 2.45) is 0 Å². The number of amides is 1. The molecule has 158 valence electrons. The normalized spacial score (nSPS) is 16.1. The number of aryl methyl sites for hydroxylation is 1. The molecular weight excluding hydrogens is 388 g/mol. The Morgan fingerprint density at radius 1 is 1.13 bits per heavy atom. The molecule has 1 aliphatic rings. The Hall–Kier alpha value is -3.54. The molecule has 5 rings (SSSR count). The van der Waals surface area contributed by atoms with Gasteiger partial charge in [0, 0.05) is 42.5 Å². The number of benzene rings is 2. The van der Waals surface area contributed by atoms with Crippen molar-refractivity contribution in [3.05, 3.63) is 83.8 Å². The van der Waals surface area contributed by atoms with Gasteiger partial charge in [-0.05, 0) is 42.7 Å². The first-order valence-corrected chi connectivity index (χ1v) is 10.8. The fraction of sp³-hybridized carbons (Fsp3) is 0.280. The van der Waals surface area contributed by atoms with Crippen molar-refractivity contribution in [3.63, 3.8) is 0 Å². The van der Waals surface area contributed by atoms with Gasteiger partial charge >= 0.3 is 0 Å². The molecule has 4 aromatic rings. The zero-order valence-electron chi connectivity index (χ0n) is 17.4. The minimum atomic E-state index is 0.218. The molecule has 2 aromatic carbocycles. The summed E-state index contributed by atoms with van der Waals surface area (Å²) in [5.74, 6) is 1.33. The van der Waals surface area contributed by atoms with Gasteiger partial charge in [-0.3, -0.25) is 9.89 Å². The van der Waals surface area contributed by atoms with E-state index in [1.165, 1.54) is 10.9 Å². The minimum Gasteiger partial charge on any atom is -0.487 e. The first-order valence-electron chi connectivity index (χ1n) is 10.8. The van der Waals surface area contributed by atoms with Crippen LogP contribution < -0.4 is 4.74 Å². The summed E-state index contributed by atoms with van der Waals surface area (Å²) in [6.07, 6.45) is 4.26. The van der Waals surface area contributed by atoms with Gasteiger partial charge in [0.2, 0.25) is 5.91 Å². The number of rotatable bonds is 7. The Balaban J connectivity index is 1.14. The number of para-hydroxylation sites is 2. The molecule has 0 aliphatic carbocycles. The third-order valence-electron chi connectivity index (χ3n) is 6.03. The SMILES string of the molecule is O=C(CCc1c[nH]c2ccccc12)N1CCC(c2cc(COc3ccccc3)[nH]n2)C1.